The van der Waals surface area contributed by atoms with Gasteiger partial charge in [0.2, 0.25) is 0 Å². The predicted octanol–water partition coefficient (Wildman–Crippen LogP) is 2.86. The van der Waals surface area contributed by atoms with Gasteiger partial charge in [-0.05, 0) is 57.0 Å². The third-order valence-electron chi connectivity index (χ3n) is 3.75. The van der Waals surface area contributed by atoms with Gasteiger partial charge in [-0.2, -0.15) is 0 Å². The average Bonchev–Trinajstić information content (AvgIpc) is 2.39. The first-order valence-corrected chi connectivity index (χ1v) is 7.23. The second-order valence-corrected chi connectivity index (χ2v) is 5.60. The first kappa shape index (κ1) is 14.4. The van der Waals surface area contributed by atoms with Gasteiger partial charge in [0, 0.05) is 29.7 Å². The van der Waals surface area contributed by atoms with Gasteiger partial charge in [-0.3, -0.25) is 4.79 Å². The number of rotatable bonds is 3. The molecule has 19 heavy (non-hydrogen) atoms. The maximum absolute atomic E-state index is 12.7. The summed E-state index contributed by atoms with van der Waals surface area (Å²) < 4.78 is 0. The molecular weight excluding hydrogens is 260 g/mol. The third-order valence-corrected chi connectivity index (χ3v) is 3.98. The summed E-state index contributed by atoms with van der Waals surface area (Å²) in [5.74, 6) is 0.133. The highest BCUT2D eigenvalue weighted by atomic mass is 35.5. The Morgan fingerprint density at radius 2 is 2.26 bits per heavy atom. The number of halogens is 1. The van der Waals surface area contributed by atoms with Crippen LogP contribution in [0.4, 0.5) is 0 Å². The van der Waals surface area contributed by atoms with Crippen molar-refractivity contribution in [3.63, 3.8) is 0 Å². The molecule has 0 aromatic heterocycles. The van der Waals surface area contributed by atoms with Crippen molar-refractivity contribution >= 4 is 17.5 Å². The molecule has 1 aromatic carbocycles. The predicted molar refractivity (Wildman–Crippen MR) is 78.8 cm³/mol. The summed E-state index contributed by atoms with van der Waals surface area (Å²) >= 11 is 5.95. The van der Waals surface area contributed by atoms with Crippen molar-refractivity contribution in [2.45, 2.75) is 32.2 Å². The maximum atomic E-state index is 12.7. The van der Waals surface area contributed by atoms with Gasteiger partial charge in [0.15, 0.2) is 0 Å². The highest BCUT2D eigenvalue weighted by Gasteiger charge is 2.27. The van der Waals surface area contributed by atoms with E-state index in [0.29, 0.717) is 11.1 Å². The zero-order valence-electron chi connectivity index (χ0n) is 11.6. The molecule has 1 N–H and O–H groups in total. The van der Waals surface area contributed by atoms with Gasteiger partial charge >= 0.3 is 0 Å². The van der Waals surface area contributed by atoms with E-state index >= 15 is 0 Å². The third kappa shape index (κ3) is 3.28. The molecular formula is C15H21ClN2O. The Hall–Kier alpha value is -1.06. The van der Waals surface area contributed by atoms with Crippen LogP contribution in [0.25, 0.3) is 0 Å². The number of amides is 1. The summed E-state index contributed by atoms with van der Waals surface area (Å²) in [7, 11) is 1.94. The van der Waals surface area contributed by atoms with E-state index in [0.717, 1.165) is 37.1 Å². The van der Waals surface area contributed by atoms with E-state index in [9.17, 15) is 4.79 Å². The first-order valence-electron chi connectivity index (χ1n) is 6.85. The van der Waals surface area contributed by atoms with Crippen molar-refractivity contribution in [1.82, 2.24) is 10.2 Å². The number of carbonyl (C=O) groups excluding carboxylic acids is 1. The molecule has 1 fully saturated rings. The second kappa shape index (κ2) is 6.40. The Labute approximate surface area is 119 Å². The molecule has 1 amide bonds. The van der Waals surface area contributed by atoms with Crippen LogP contribution in [-0.2, 0) is 0 Å². The van der Waals surface area contributed by atoms with Crippen molar-refractivity contribution in [1.29, 1.82) is 0 Å². The minimum atomic E-state index is 0.133. The Morgan fingerprint density at radius 1 is 1.47 bits per heavy atom. The van der Waals surface area contributed by atoms with Crippen molar-refractivity contribution in [2.75, 3.05) is 20.1 Å². The lowest BCUT2D eigenvalue weighted by Crippen LogP contribution is -2.48. The van der Waals surface area contributed by atoms with Crippen LogP contribution in [0.15, 0.2) is 18.2 Å². The van der Waals surface area contributed by atoms with Crippen LogP contribution in [0.3, 0.4) is 0 Å². The molecule has 1 atom stereocenters. The topological polar surface area (TPSA) is 32.3 Å². The van der Waals surface area contributed by atoms with E-state index in [1.54, 1.807) is 6.07 Å². The smallest absolute Gasteiger partial charge is 0.254 e. The van der Waals surface area contributed by atoms with E-state index < -0.39 is 0 Å². The van der Waals surface area contributed by atoms with Gasteiger partial charge in [-0.25, -0.2) is 0 Å². The molecule has 1 saturated heterocycles. The van der Waals surface area contributed by atoms with Gasteiger partial charge in [0.25, 0.3) is 5.91 Å². The number of likely N-dealkylation sites (N-methyl/N-ethyl adjacent to an activating group) is 1. The lowest BCUT2D eigenvalue weighted by atomic mass is 9.99. The average molecular weight is 281 g/mol. The molecule has 0 spiro atoms. The number of nitrogens with one attached hydrogen (secondary N) is 1. The van der Waals surface area contributed by atoms with Crippen LogP contribution in [-0.4, -0.2) is 37.0 Å². The molecule has 1 aromatic rings. The van der Waals surface area contributed by atoms with Crippen molar-refractivity contribution < 1.29 is 4.79 Å². The van der Waals surface area contributed by atoms with Crippen LogP contribution in [0.1, 0.15) is 35.2 Å². The maximum Gasteiger partial charge on any atom is 0.254 e. The highest BCUT2D eigenvalue weighted by molar-refractivity contribution is 6.30. The number of piperidine rings is 1. The van der Waals surface area contributed by atoms with E-state index in [-0.39, 0.29) is 5.91 Å². The lowest BCUT2D eigenvalue weighted by molar-refractivity contribution is 0.0614. The molecule has 1 aliphatic heterocycles. The van der Waals surface area contributed by atoms with Gasteiger partial charge in [0.05, 0.1) is 0 Å². The molecule has 0 radical (unpaired) electrons. The van der Waals surface area contributed by atoms with Crippen molar-refractivity contribution in [3.05, 3.63) is 34.3 Å². The van der Waals surface area contributed by atoms with Crippen LogP contribution >= 0.6 is 11.6 Å². The van der Waals surface area contributed by atoms with E-state index in [1.807, 2.05) is 31.0 Å². The molecule has 4 heteroatoms. The van der Waals surface area contributed by atoms with Crippen LogP contribution < -0.4 is 5.32 Å². The minimum Gasteiger partial charge on any atom is -0.334 e. The van der Waals surface area contributed by atoms with Gasteiger partial charge in [-0.1, -0.05) is 11.6 Å². The lowest BCUT2D eigenvalue weighted by Gasteiger charge is -2.36. The highest BCUT2D eigenvalue weighted by Crippen LogP contribution is 2.22. The number of hydrogen-bond donors (Lipinski definition) is 1. The molecule has 0 bridgehead atoms. The summed E-state index contributed by atoms with van der Waals surface area (Å²) in [6, 6.07) is 5.79. The summed E-state index contributed by atoms with van der Waals surface area (Å²) in [5.41, 5.74) is 1.72. The Balaban J connectivity index is 2.21. The fourth-order valence-corrected chi connectivity index (χ4v) is 2.96. The number of likely N-dealkylation sites (tertiary alicyclic amines) is 1. The molecule has 0 saturated carbocycles. The second-order valence-electron chi connectivity index (χ2n) is 5.17. The molecule has 2 rings (SSSR count). The summed E-state index contributed by atoms with van der Waals surface area (Å²) in [6.45, 7) is 3.65. The number of benzene rings is 1. The number of hydrogen-bond acceptors (Lipinski definition) is 2. The van der Waals surface area contributed by atoms with Gasteiger partial charge in [0.1, 0.15) is 0 Å². The van der Waals surface area contributed by atoms with Crippen molar-refractivity contribution in [3.8, 4) is 0 Å². The molecule has 1 unspecified atom stereocenters. The standard InChI is InChI=1S/C15H21ClN2O/c1-11-9-12(16)6-7-14(11)15(19)18-8-4-3-5-13(18)10-17-2/h6-7,9,13,17H,3-5,8,10H2,1-2H3. The zero-order valence-corrected chi connectivity index (χ0v) is 12.3. The monoisotopic (exact) mass is 280 g/mol. The van der Waals surface area contributed by atoms with E-state index in [1.165, 1.54) is 6.42 Å². The molecule has 104 valence electrons. The number of aryl methyl sites for hydroxylation is 1. The minimum absolute atomic E-state index is 0.133. The van der Waals surface area contributed by atoms with Crippen LogP contribution in [0, 0.1) is 6.92 Å². The molecule has 1 aliphatic rings. The van der Waals surface area contributed by atoms with E-state index in [4.69, 9.17) is 11.6 Å². The largest absolute Gasteiger partial charge is 0.334 e. The molecule has 1 heterocycles. The fourth-order valence-electron chi connectivity index (χ4n) is 2.74. The van der Waals surface area contributed by atoms with Crippen LogP contribution in [0.2, 0.25) is 5.02 Å². The van der Waals surface area contributed by atoms with Crippen LogP contribution in [0.5, 0.6) is 0 Å². The number of nitrogens with zero attached hydrogens (tertiary/aromatic N) is 1. The quantitative estimate of drug-likeness (QED) is 0.923. The Bertz CT molecular complexity index is 459. The molecule has 3 nitrogen and oxygen atoms in total. The summed E-state index contributed by atoms with van der Waals surface area (Å²) in [6.07, 6.45) is 3.38. The Morgan fingerprint density at radius 3 is 2.95 bits per heavy atom. The normalized spacial score (nSPS) is 19.5. The number of carbonyl (C=O) groups is 1. The van der Waals surface area contributed by atoms with Crippen molar-refractivity contribution in [2.24, 2.45) is 0 Å². The first-order chi connectivity index (χ1) is 9.13. The summed E-state index contributed by atoms with van der Waals surface area (Å²) in [5, 5.41) is 3.86. The molecule has 0 aliphatic carbocycles. The summed E-state index contributed by atoms with van der Waals surface area (Å²) in [4.78, 5) is 14.7. The Kier molecular flexibility index (Phi) is 4.83. The van der Waals surface area contributed by atoms with Gasteiger partial charge in [-0.15, -0.1) is 0 Å². The zero-order chi connectivity index (χ0) is 13.8. The fraction of sp³-hybridized carbons (Fsp3) is 0.533. The SMILES string of the molecule is CNCC1CCCCN1C(=O)c1ccc(Cl)cc1C. The van der Waals surface area contributed by atoms with E-state index in [2.05, 4.69) is 5.32 Å². The van der Waals surface area contributed by atoms with Gasteiger partial charge < -0.3 is 10.2 Å².